The Hall–Kier alpha value is -3.91. The third-order valence-corrected chi connectivity index (χ3v) is 7.27. The Labute approximate surface area is 186 Å². The van der Waals surface area contributed by atoms with E-state index in [1.807, 2.05) is 12.4 Å². The molecule has 1 aliphatic carbocycles. The second-order valence-corrected chi connectivity index (χ2v) is 9.31. The first-order valence-corrected chi connectivity index (χ1v) is 11.2. The van der Waals surface area contributed by atoms with E-state index in [2.05, 4.69) is 108 Å². The van der Waals surface area contributed by atoms with Gasteiger partial charge in [0, 0.05) is 39.7 Å². The van der Waals surface area contributed by atoms with Crippen LogP contribution in [-0.2, 0) is 5.41 Å². The van der Waals surface area contributed by atoms with Crippen molar-refractivity contribution >= 4 is 32.6 Å². The molecule has 0 unspecified atom stereocenters. The first-order valence-electron chi connectivity index (χ1n) is 11.2. The summed E-state index contributed by atoms with van der Waals surface area (Å²) in [4.78, 5) is 4.25. The van der Waals surface area contributed by atoms with Crippen LogP contribution in [0, 0.1) is 0 Å². The summed E-state index contributed by atoms with van der Waals surface area (Å²) in [6.07, 6.45) is 3.75. The van der Waals surface area contributed by atoms with Crippen LogP contribution in [-0.4, -0.2) is 9.55 Å². The number of para-hydroxylation sites is 1. The van der Waals surface area contributed by atoms with Crippen LogP contribution in [0.1, 0.15) is 25.0 Å². The van der Waals surface area contributed by atoms with Crippen LogP contribution in [0.5, 0.6) is 0 Å². The molecule has 4 aromatic carbocycles. The number of fused-ring (bicyclic) bond motifs is 8. The summed E-state index contributed by atoms with van der Waals surface area (Å²) in [5.74, 6) is 0. The van der Waals surface area contributed by atoms with Crippen molar-refractivity contribution in [1.29, 1.82) is 0 Å². The Morgan fingerprint density at radius 1 is 0.656 bits per heavy atom. The minimum atomic E-state index is -0.0181. The molecule has 0 spiro atoms. The van der Waals surface area contributed by atoms with Crippen molar-refractivity contribution < 1.29 is 0 Å². The predicted octanol–water partition coefficient (Wildman–Crippen LogP) is 7.64. The molecule has 2 aromatic heterocycles. The van der Waals surface area contributed by atoms with E-state index in [0.29, 0.717) is 0 Å². The van der Waals surface area contributed by atoms with Gasteiger partial charge in [-0.3, -0.25) is 4.98 Å². The molecular weight excluding hydrogens is 388 g/mol. The van der Waals surface area contributed by atoms with Crippen molar-refractivity contribution in [3.05, 3.63) is 108 Å². The summed E-state index contributed by atoms with van der Waals surface area (Å²) >= 11 is 0. The topological polar surface area (TPSA) is 17.8 Å². The minimum absolute atomic E-state index is 0.0181. The van der Waals surface area contributed by atoms with E-state index >= 15 is 0 Å². The molecule has 152 valence electrons. The highest BCUT2D eigenvalue weighted by atomic mass is 15.0. The van der Waals surface area contributed by atoms with Gasteiger partial charge in [-0.05, 0) is 58.0 Å². The summed E-state index contributed by atoms with van der Waals surface area (Å²) in [7, 11) is 0. The molecule has 2 heterocycles. The van der Waals surface area contributed by atoms with Crippen molar-refractivity contribution in [3.63, 3.8) is 0 Å². The molecule has 2 heteroatoms. The average Bonchev–Trinajstić information content (AvgIpc) is 3.29. The van der Waals surface area contributed by atoms with Crippen LogP contribution in [0.25, 0.3) is 49.4 Å². The van der Waals surface area contributed by atoms with Gasteiger partial charge >= 0.3 is 0 Å². The molecule has 0 N–H and O–H groups in total. The van der Waals surface area contributed by atoms with Crippen molar-refractivity contribution in [3.8, 4) is 16.8 Å². The zero-order valence-electron chi connectivity index (χ0n) is 18.1. The van der Waals surface area contributed by atoms with E-state index in [1.54, 1.807) is 0 Å². The maximum absolute atomic E-state index is 4.25. The zero-order valence-corrected chi connectivity index (χ0v) is 18.1. The number of hydrogen-bond donors (Lipinski definition) is 0. The van der Waals surface area contributed by atoms with Crippen molar-refractivity contribution in [2.75, 3.05) is 0 Å². The van der Waals surface area contributed by atoms with Gasteiger partial charge in [0.15, 0.2) is 0 Å². The van der Waals surface area contributed by atoms with Crippen molar-refractivity contribution in [2.45, 2.75) is 19.3 Å². The van der Waals surface area contributed by atoms with Gasteiger partial charge in [0.25, 0.3) is 0 Å². The molecule has 7 rings (SSSR count). The lowest BCUT2D eigenvalue weighted by atomic mass is 9.82. The van der Waals surface area contributed by atoms with Crippen LogP contribution in [0.4, 0.5) is 0 Å². The number of hydrogen-bond acceptors (Lipinski definition) is 1. The standard InChI is InChI=1S/C30H22N2/c1-30(2)26-9-5-3-7-21(26)25-17-19-11-12-23-22-8-4-6-10-28(22)32(20-13-15-31-16-14-20)29(23)24(19)18-27(25)30/h3-18H,1-2H3. The maximum atomic E-state index is 4.25. The van der Waals surface area contributed by atoms with Gasteiger partial charge in [-0.25, -0.2) is 0 Å². The molecule has 2 nitrogen and oxygen atoms in total. The SMILES string of the molecule is CC1(C)c2ccccc2-c2cc3ccc4c5ccccc5n(-c5ccncc5)c4c3cc21. The minimum Gasteiger partial charge on any atom is -0.309 e. The largest absolute Gasteiger partial charge is 0.309 e. The predicted molar refractivity (Wildman–Crippen MR) is 134 cm³/mol. The van der Waals surface area contributed by atoms with Crippen LogP contribution >= 0.6 is 0 Å². The molecule has 0 bridgehead atoms. The second kappa shape index (κ2) is 6.08. The van der Waals surface area contributed by atoms with Gasteiger partial charge in [0.1, 0.15) is 0 Å². The highest BCUT2D eigenvalue weighted by molar-refractivity contribution is 6.19. The molecule has 6 aromatic rings. The molecule has 32 heavy (non-hydrogen) atoms. The van der Waals surface area contributed by atoms with Crippen LogP contribution in [0.2, 0.25) is 0 Å². The fourth-order valence-corrected chi connectivity index (χ4v) is 5.74. The molecule has 0 atom stereocenters. The number of pyridine rings is 1. The zero-order chi connectivity index (χ0) is 21.4. The Kier molecular flexibility index (Phi) is 3.37. The van der Waals surface area contributed by atoms with Crippen LogP contribution < -0.4 is 0 Å². The molecule has 0 aliphatic heterocycles. The molecule has 0 fully saturated rings. The number of aromatic nitrogens is 2. The highest BCUT2D eigenvalue weighted by Crippen LogP contribution is 2.50. The summed E-state index contributed by atoms with van der Waals surface area (Å²) in [5.41, 5.74) is 9.17. The molecular formula is C30H22N2. The lowest BCUT2D eigenvalue weighted by Gasteiger charge is -2.22. The summed E-state index contributed by atoms with van der Waals surface area (Å²) in [6.45, 7) is 4.70. The molecule has 0 saturated heterocycles. The first-order chi connectivity index (χ1) is 15.6. The van der Waals surface area contributed by atoms with Crippen LogP contribution in [0.3, 0.4) is 0 Å². The lowest BCUT2D eigenvalue weighted by Crippen LogP contribution is -2.14. The number of nitrogens with zero attached hydrogens (tertiary/aromatic N) is 2. The van der Waals surface area contributed by atoms with E-state index in [1.165, 1.54) is 54.8 Å². The number of rotatable bonds is 1. The van der Waals surface area contributed by atoms with Crippen molar-refractivity contribution in [2.24, 2.45) is 0 Å². The van der Waals surface area contributed by atoms with Crippen molar-refractivity contribution in [1.82, 2.24) is 9.55 Å². The molecule has 1 aliphatic rings. The fraction of sp³-hybridized carbons (Fsp3) is 0.100. The summed E-state index contributed by atoms with van der Waals surface area (Å²) < 4.78 is 2.40. The Morgan fingerprint density at radius 2 is 1.44 bits per heavy atom. The average molecular weight is 411 g/mol. The van der Waals surface area contributed by atoms with Gasteiger partial charge in [-0.15, -0.1) is 0 Å². The summed E-state index contributed by atoms with van der Waals surface area (Å²) in [5, 5.41) is 5.15. The second-order valence-electron chi connectivity index (χ2n) is 9.31. The van der Waals surface area contributed by atoms with E-state index < -0.39 is 0 Å². The molecule has 0 radical (unpaired) electrons. The highest BCUT2D eigenvalue weighted by Gasteiger charge is 2.35. The molecule has 0 saturated carbocycles. The van der Waals surface area contributed by atoms with Crippen LogP contribution in [0.15, 0.2) is 97.3 Å². The third kappa shape index (κ3) is 2.17. The first kappa shape index (κ1) is 17.7. The summed E-state index contributed by atoms with van der Waals surface area (Å²) in [6, 6.07) is 31.2. The van der Waals surface area contributed by atoms with Gasteiger partial charge in [-0.1, -0.05) is 68.4 Å². The monoisotopic (exact) mass is 410 g/mol. The Morgan fingerprint density at radius 3 is 2.31 bits per heavy atom. The smallest absolute Gasteiger partial charge is 0.0619 e. The lowest BCUT2D eigenvalue weighted by molar-refractivity contribution is 0.661. The Bertz CT molecular complexity index is 1690. The van der Waals surface area contributed by atoms with E-state index in [9.17, 15) is 0 Å². The Balaban J connectivity index is 1.67. The van der Waals surface area contributed by atoms with E-state index in [4.69, 9.17) is 0 Å². The third-order valence-electron chi connectivity index (χ3n) is 7.27. The number of benzene rings is 4. The maximum Gasteiger partial charge on any atom is 0.0619 e. The fourth-order valence-electron chi connectivity index (χ4n) is 5.74. The van der Waals surface area contributed by atoms with Gasteiger partial charge in [-0.2, -0.15) is 0 Å². The van der Waals surface area contributed by atoms with E-state index in [0.717, 1.165) is 5.69 Å². The van der Waals surface area contributed by atoms with Gasteiger partial charge in [0.2, 0.25) is 0 Å². The van der Waals surface area contributed by atoms with Gasteiger partial charge in [0.05, 0.1) is 11.0 Å². The van der Waals surface area contributed by atoms with Gasteiger partial charge < -0.3 is 4.57 Å². The van der Waals surface area contributed by atoms with E-state index in [-0.39, 0.29) is 5.41 Å². The quantitative estimate of drug-likeness (QED) is 0.272. The molecule has 0 amide bonds. The normalized spacial score (nSPS) is 14.2.